The molecule has 0 amide bonds. The first-order valence-electron chi connectivity index (χ1n) is 8.75. The number of hydrogen-bond donors (Lipinski definition) is 1. The minimum absolute atomic E-state index is 0.122. The van der Waals surface area contributed by atoms with Gasteiger partial charge in [0.2, 0.25) is 0 Å². The molecule has 1 aliphatic heterocycles. The molecule has 4 nitrogen and oxygen atoms in total. The van der Waals surface area contributed by atoms with Crippen LogP contribution in [0.5, 0.6) is 0 Å². The average Bonchev–Trinajstić information content (AvgIpc) is 3.22. The Morgan fingerprint density at radius 1 is 1.29 bits per heavy atom. The summed E-state index contributed by atoms with van der Waals surface area (Å²) < 4.78 is 13.5. The van der Waals surface area contributed by atoms with Crippen LogP contribution in [0.15, 0.2) is 18.2 Å². The molecular weight excluding hydrogens is 303 g/mol. The second kappa shape index (κ2) is 6.37. The Hall–Kier alpha value is -2.19. The normalized spacial score (nSPS) is 20.8. The van der Waals surface area contributed by atoms with Crippen molar-refractivity contribution in [2.45, 2.75) is 51.1 Å². The summed E-state index contributed by atoms with van der Waals surface area (Å²) in [6, 6.07) is 7.06. The maximum absolute atomic E-state index is 13.5. The highest BCUT2D eigenvalue weighted by Crippen LogP contribution is 2.33. The number of fused-ring (bicyclic) bond motifs is 1. The van der Waals surface area contributed by atoms with Crippen molar-refractivity contribution in [1.82, 2.24) is 14.9 Å². The van der Waals surface area contributed by atoms with Crippen molar-refractivity contribution < 1.29 is 4.39 Å². The second-order valence-electron chi connectivity index (χ2n) is 6.81. The van der Waals surface area contributed by atoms with Crippen LogP contribution >= 0.6 is 0 Å². The first-order valence-corrected chi connectivity index (χ1v) is 8.75. The van der Waals surface area contributed by atoms with E-state index in [-0.39, 0.29) is 5.56 Å². The van der Waals surface area contributed by atoms with Crippen molar-refractivity contribution in [3.8, 4) is 6.07 Å². The summed E-state index contributed by atoms with van der Waals surface area (Å²) in [4.78, 5) is 10.8. The van der Waals surface area contributed by atoms with Crippen LogP contribution in [0.4, 0.5) is 4.39 Å². The maximum Gasteiger partial charge on any atom is 0.140 e. The fourth-order valence-corrected chi connectivity index (χ4v) is 3.95. The highest BCUT2D eigenvalue weighted by atomic mass is 19.1. The fourth-order valence-electron chi connectivity index (χ4n) is 3.95. The van der Waals surface area contributed by atoms with Crippen LogP contribution in [0, 0.1) is 17.1 Å². The standard InChI is InChI=1S/C19H21FN4/c20-15-8-7-13(10-14(15)11-21)12-24-9-3-6-18(24)19-22-16-4-1-2-5-17(16)23-19/h7-8,10,18H,1-6,9,12H2,(H,22,23)/t18-/m1/s1. The zero-order chi connectivity index (χ0) is 16.5. The van der Waals surface area contributed by atoms with Crippen LogP contribution in [0.2, 0.25) is 0 Å². The molecule has 1 atom stereocenters. The monoisotopic (exact) mass is 324 g/mol. The minimum Gasteiger partial charge on any atom is -0.344 e. The third-order valence-electron chi connectivity index (χ3n) is 5.19. The van der Waals surface area contributed by atoms with Crippen molar-refractivity contribution in [2.75, 3.05) is 6.54 Å². The van der Waals surface area contributed by atoms with E-state index in [4.69, 9.17) is 10.2 Å². The van der Waals surface area contributed by atoms with Gasteiger partial charge in [-0.25, -0.2) is 9.37 Å². The van der Waals surface area contributed by atoms with Gasteiger partial charge < -0.3 is 4.98 Å². The second-order valence-corrected chi connectivity index (χ2v) is 6.81. The number of aromatic nitrogens is 2. The van der Waals surface area contributed by atoms with Gasteiger partial charge >= 0.3 is 0 Å². The van der Waals surface area contributed by atoms with E-state index in [1.165, 1.54) is 30.3 Å². The van der Waals surface area contributed by atoms with Crippen LogP contribution < -0.4 is 0 Å². The molecule has 24 heavy (non-hydrogen) atoms. The van der Waals surface area contributed by atoms with Crippen molar-refractivity contribution in [2.24, 2.45) is 0 Å². The molecular formula is C19H21FN4. The van der Waals surface area contributed by atoms with Crippen LogP contribution in [-0.4, -0.2) is 21.4 Å². The number of benzene rings is 1. The average molecular weight is 324 g/mol. The van der Waals surface area contributed by atoms with Gasteiger partial charge in [0.1, 0.15) is 17.7 Å². The van der Waals surface area contributed by atoms with E-state index in [0.717, 1.165) is 50.2 Å². The van der Waals surface area contributed by atoms with E-state index < -0.39 is 5.82 Å². The van der Waals surface area contributed by atoms with Crippen molar-refractivity contribution >= 4 is 0 Å². The first kappa shape index (κ1) is 15.3. The molecule has 1 saturated heterocycles. The van der Waals surface area contributed by atoms with Crippen LogP contribution in [0.3, 0.4) is 0 Å². The van der Waals surface area contributed by atoms with Crippen molar-refractivity contribution in [1.29, 1.82) is 5.26 Å². The number of H-pyrrole nitrogens is 1. The van der Waals surface area contributed by atoms with Gasteiger partial charge in [0, 0.05) is 12.2 Å². The smallest absolute Gasteiger partial charge is 0.140 e. The van der Waals surface area contributed by atoms with Gasteiger partial charge in [-0.1, -0.05) is 6.07 Å². The third kappa shape index (κ3) is 2.83. The van der Waals surface area contributed by atoms with Gasteiger partial charge in [0.15, 0.2) is 0 Å². The molecule has 1 aliphatic carbocycles. The molecule has 1 aromatic carbocycles. The maximum atomic E-state index is 13.5. The molecule has 0 spiro atoms. The molecule has 1 N–H and O–H groups in total. The van der Waals surface area contributed by atoms with E-state index >= 15 is 0 Å². The number of nitriles is 1. The van der Waals surface area contributed by atoms with Gasteiger partial charge in [-0.3, -0.25) is 4.90 Å². The first-order chi connectivity index (χ1) is 11.7. The molecule has 4 rings (SSSR count). The van der Waals surface area contributed by atoms with Gasteiger partial charge in [0.25, 0.3) is 0 Å². The lowest BCUT2D eigenvalue weighted by Gasteiger charge is -2.23. The van der Waals surface area contributed by atoms with Gasteiger partial charge in [0.05, 0.1) is 17.3 Å². The molecule has 2 aliphatic rings. The summed E-state index contributed by atoms with van der Waals surface area (Å²) in [6.45, 7) is 1.74. The highest BCUT2D eigenvalue weighted by molar-refractivity contribution is 5.34. The predicted octanol–water partition coefficient (Wildman–Crippen LogP) is 3.64. The molecule has 0 bridgehead atoms. The quantitative estimate of drug-likeness (QED) is 0.938. The third-order valence-corrected chi connectivity index (χ3v) is 5.19. The molecule has 124 valence electrons. The Balaban J connectivity index is 1.55. The lowest BCUT2D eigenvalue weighted by Crippen LogP contribution is -2.23. The summed E-state index contributed by atoms with van der Waals surface area (Å²) in [7, 11) is 0. The zero-order valence-corrected chi connectivity index (χ0v) is 13.7. The number of nitrogens with one attached hydrogen (secondary N) is 1. The summed E-state index contributed by atoms with van der Waals surface area (Å²) in [6.07, 6.45) is 6.91. The number of aryl methyl sites for hydroxylation is 2. The van der Waals surface area contributed by atoms with Crippen LogP contribution in [0.1, 0.15) is 60.1 Å². The molecule has 2 aromatic rings. The van der Waals surface area contributed by atoms with Crippen LogP contribution in [0.25, 0.3) is 0 Å². The van der Waals surface area contributed by atoms with Crippen molar-refractivity contribution in [3.63, 3.8) is 0 Å². The molecule has 2 heterocycles. The fraction of sp³-hybridized carbons (Fsp3) is 0.474. The summed E-state index contributed by atoms with van der Waals surface area (Å²) in [5, 5.41) is 9.01. The number of likely N-dealkylation sites (tertiary alicyclic amines) is 1. The summed E-state index contributed by atoms with van der Waals surface area (Å²) in [5.74, 6) is 0.639. The van der Waals surface area contributed by atoms with E-state index in [9.17, 15) is 4.39 Å². The van der Waals surface area contributed by atoms with Gasteiger partial charge in [-0.15, -0.1) is 0 Å². The topological polar surface area (TPSA) is 55.7 Å². The molecule has 0 saturated carbocycles. The number of halogens is 1. The van der Waals surface area contributed by atoms with Crippen LogP contribution in [-0.2, 0) is 19.4 Å². The predicted molar refractivity (Wildman–Crippen MR) is 88.7 cm³/mol. The van der Waals surface area contributed by atoms with E-state index in [2.05, 4.69) is 9.88 Å². The Morgan fingerprint density at radius 2 is 2.17 bits per heavy atom. The molecule has 1 aromatic heterocycles. The summed E-state index contributed by atoms with van der Waals surface area (Å²) >= 11 is 0. The minimum atomic E-state index is -0.446. The number of nitrogens with zero attached hydrogens (tertiary/aromatic N) is 3. The van der Waals surface area contributed by atoms with E-state index in [1.807, 2.05) is 6.07 Å². The van der Waals surface area contributed by atoms with Gasteiger partial charge in [-0.05, 0) is 62.8 Å². The Kier molecular flexibility index (Phi) is 4.07. The Bertz CT molecular complexity index is 766. The number of rotatable bonds is 3. The molecule has 5 heteroatoms. The molecule has 0 unspecified atom stereocenters. The summed E-state index contributed by atoms with van der Waals surface area (Å²) in [5.41, 5.74) is 3.67. The largest absolute Gasteiger partial charge is 0.344 e. The van der Waals surface area contributed by atoms with Crippen molar-refractivity contribution in [3.05, 3.63) is 52.4 Å². The van der Waals surface area contributed by atoms with E-state index in [1.54, 1.807) is 12.1 Å². The Morgan fingerprint density at radius 3 is 3.00 bits per heavy atom. The number of hydrogen-bond acceptors (Lipinski definition) is 3. The number of aromatic amines is 1. The lowest BCUT2D eigenvalue weighted by atomic mass is 10.0. The number of imidazole rings is 1. The highest BCUT2D eigenvalue weighted by Gasteiger charge is 2.29. The lowest BCUT2D eigenvalue weighted by molar-refractivity contribution is 0.240. The zero-order valence-electron chi connectivity index (χ0n) is 13.7. The Labute approximate surface area is 141 Å². The molecule has 0 radical (unpaired) electrons. The molecule has 1 fully saturated rings. The SMILES string of the molecule is N#Cc1cc(CN2CCC[C@@H]2c2nc3c([nH]2)CCCC3)ccc1F. The van der Waals surface area contributed by atoms with E-state index in [0.29, 0.717) is 6.04 Å². The van der Waals surface area contributed by atoms with Gasteiger partial charge in [-0.2, -0.15) is 5.26 Å².